The minimum atomic E-state index is 0.635. The second kappa shape index (κ2) is 12.6. The molecular formula is C44H28N6. The van der Waals surface area contributed by atoms with E-state index in [1.165, 1.54) is 0 Å². The highest BCUT2D eigenvalue weighted by atomic mass is 14.9. The van der Waals surface area contributed by atoms with Crippen LogP contribution in [0.1, 0.15) is 0 Å². The number of aromatic nitrogens is 6. The predicted molar refractivity (Wildman–Crippen MR) is 201 cm³/mol. The maximum absolute atomic E-state index is 5.14. The molecule has 0 amide bonds. The van der Waals surface area contributed by atoms with Crippen molar-refractivity contribution in [1.29, 1.82) is 0 Å². The third-order valence-corrected chi connectivity index (χ3v) is 8.85. The Hall–Kier alpha value is -6.92. The molecule has 5 heterocycles. The zero-order valence-corrected chi connectivity index (χ0v) is 26.8. The van der Waals surface area contributed by atoms with Crippen LogP contribution in [0.25, 0.3) is 89.5 Å². The molecule has 4 aromatic carbocycles. The van der Waals surface area contributed by atoms with Crippen molar-refractivity contribution >= 4 is 21.7 Å². The van der Waals surface area contributed by atoms with Gasteiger partial charge in [0, 0.05) is 46.1 Å². The molecule has 0 fully saturated rings. The minimum absolute atomic E-state index is 0.635. The van der Waals surface area contributed by atoms with Gasteiger partial charge in [0.15, 0.2) is 5.82 Å². The molecule has 0 atom stereocenters. The fraction of sp³-hybridized carbons (Fsp3) is 0. The van der Waals surface area contributed by atoms with Gasteiger partial charge in [-0.3, -0.25) is 9.97 Å². The van der Waals surface area contributed by atoms with Crippen LogP contribution in [0.3, 0.4) is 0 Å². The number of benzene rings is 4. The summed E-state index contributed by atoms with van der Waals surface area (Å²) < 4.78 is 0. The summed E-state index contributed by atoms with van der Waals surface area (Å²) in [5.41, 5.74) is 10.7. The van der Waals surface area contributed by atoms with E-state index in [2.05, 4.69) is 77.8 Å². The number of rotatable bonds is 6. The average molecular weight is 641 g/mol. The predicted octanol–water partition coefficient (Wildman–Crippen LogP) is 10.4. The van der Waals surface area contributed by atoms with Crippen molar-refractivity contribution in [3.05, 3.63) is 170 Å². The molecular weight excluding hydrogens is 613 g/mol. The Balaban J connectivity index is 1.13. The third kappa shape index (κ3) is 5.55. The first-order valence-corrected chi connectivity index (χ1v) is 16.4. The Morgan fingerprint density at radius 3 is 1.90 bits per heavy atom. The molecule has 0 radical (unpaired) electrons. The normalized spacial score (nSPS) is 11.2. The SMILES string of the molecule is c1ccc(-c2nc(-c3ccc(-c4cccnc4)cc3)cc(-c3cc(-c4cccc(-c5nc6ccccc6c6ccccc56)n4)ccn3)n2)cc1. The fourth-order valence-corrected chi connectivity index (χ4v) is 6.37. The molecule has 0 spiro atoms. The first-order valence-electron chi connectivity index (χ1n) is 16.4. The molecule has 0 aliphatic heterocycles. The van der Waals surface area contributed by atoms with Gasteiger partial charge in [-0.2, -0.15) is 0 Å². The van der Waals surface area contributed by atoms with Gasteiger partial charge in [0.2, 0.25) is 0 Å². The van der Waals surface area contributed by atoms with Crippen LogP contribution in [-0.4, -0.2) is 29.9 Å². The topological polar surface area (TPSA) is 77.3 Å². The lowest BCUT2D eigenvalue weighted by atomic mass is 10.0. The Morgan fingerprint density at radius 2 is 1.06 bits per heavy atom. The first-order chi connectivity index (χ1) is 24.8. The van der Waals surface area contributed by atoms with Crippen LogP contribution in [0.5, 0.6) is 0 Å². The summed E-state index contributed by atoms with van der Waals surface area (Å²) in [6.07, 6.45) is 5.47. The Bertz CT molecular complexity index is 2640. The van der Waals surface area contributed by atoms with Crippen molar-refractivity contribution in [2.45, 2.75) is 0 Å². The number of pyridine rings is 4. The first kappa shape index (κ1) is 29.2. The van der Waals surface area contributed by atoms with Crippen LogP contribution in [-0.2, 0) is 0 Å². The van der Waals surface area contributed by atoms with Crippen molar-refractivity contribution < 1.29 is 0 Å². The fourth-order valence-electron chi connectivity index (χ4n) is 6.37. The van der Waals surface area contributed by atoms with Gasteiger partial charge in [0.05, 0.1) is 39.7 Å². The highest BCUT2D eigenvalue weighted by molar-refractivity contribution is 6.10. The second-order valence-corrected chi connectivity index (χ2v) is 12.0. The van der Waals surface area contributed by atoms with Gasteiger partial charge in [-0.1, -0.05) is 109 Å². The molecule has 0 unspecified atom stereocenters. The zero-order chi connectivity index (χ0) is 33.3. The van der Waals surface area contributed by atoms with Gasteiger partial charge in [0.25, 0.3) is 0 Å². The molecule has 0 N–H and O–H groups in total. The molecule has 50 heavy (non-hydrogen) atoms. The maximum atomic E-state index is 5.14. The van der Waals surface area contributed by atoms with Gasteiger partial charge in [0.1, 0.15) is 0 Å². The Kier molecular flexibility index (Phi) is 7.37. The Morgan fingerprint density at radius 1 is 0.340 bits per heavy atom. The van der Waals surface area contributed by atoms with Crippen LogP contribution in [0.15, 0.2) is 170 Å². The largest absolute Gasteiger partial charge is 0.264 e. The van der Waals surface area contributed by atoms with Crippen LogP contribution in [0.4, 0.5) is 0 Å². The molecule has 0 aliphatic carbocycles. The quantitative estimate of drug-likeness (QED) is 0.168. The summed E-state index contributed by atoms with van der Waals surface area (Å²) in [6.45, 7) is 0. The van der Waals surface area contributed by atoms with E-state index in [0.717, 1.165) is 83.7 Å². The summed E-state index contributed by atoms with van der Waals surface area (Å²) in [6, 6.07) is 51.2. The monoisotopic (exact) mass is 640 g/mol. The van der Waals surface area contributed by atoms with E-state index in [1.807, 2.05) is 91.3 Å². The third-order valence-electron chi connectivity index (χ3n) is 8.85. The number of fused-ring (bicyclic) bond motifs is 3. The van der Waals surface area contributed by atoms with Crippen molar-refractivity contribution in [3.63, 3.8) is 0 Å². The molecule has 234 valence electrons. The Labute approximate surface area is 288 Å². The molecule has 0 saturated heterocycles. The molecule has 0 saturated carbocycles. The van der Waals surface area contributed by atoms with Crippen LogP contribution in [0, 0.1) is 0 Å². The minimum Gasteiger partial charge on any atom is -0.264 e. The summed E-state index contributed by atoms with van der Waals surface area (Å²) >= 11 is 0. The van der Waals surface area contributed by atoms with E-state index >= 15 is 0 Å². The van der Waals surface area contributed by atoms with E-state index in [1.54, 1.807) is 6.20 Å². The second-order valence-electron chi connectivity index (χ2n) is 12.0. The molecule has 9 rings (SSSR count). The number of hydrogen-bond donors (Lipinski definition) is 0. The lowest BCUT2D eigenvalue weighted by Crippen LogP contribution is -1.97. The van der Waals surface area contributed by atoms with Gasteiger partial charge in [-0.05, 0) is 59.0 Å². The lowest BCUT2D eigenvalue weighted by Gasteiger charge is -2.12. The average Bonchev–Trinajstić information content (AvgIpc) is 3.21. The van der Waals surface area contributed by atoms with Crippen molar-refractivity contribution in [1.82, 2.24) is 29.9 Å². The zero-order valence-electron chi connectivity index (χ0n) is 26.8. The maximum Gasteiger partial charge on any atom is 0.160 e. The molecule has 9 aromatic rings. The molecule has 0 aliphatic rings. The molecule has 6 nitrogen and oxygen atoms in total. The summed E-state index contributed by atoms with van der Waals surface area (Å²) in [4.78, 5) is 29.3. The molecule has 6 heteroatoms. The number of nitrogens with zero attached hydrogens (tertiary/aromatic N) is 6. The van der Waals surface area contributed by atoms with Crippen molar-refractivity contribution in [2.24, 2.45) is 0 Å². The number of hydrogen-bond acceptors (Lipinski definition) is 6. The van der Waals surface area contributed by atoms with Gasteiger partial charge in [-0.25, -0.2) is 19.9 Å². The van der Waals surface area contributed by atoms with E-state index in [9.17, 15) is 0 Å². The van der Waals surface area contributed by atoms with E-state index < -0.39 is 0 Å². The molecule has 0 bridgehead atoms. The van der Waals surface area contributed by atoms with Crippen LogP contribution < -0.4 is 0 Å². The summed E-state index contributed by atoms with van der Waals surface area (Å²) in [5.74, 6) is 0.635. The highest BCUT2D eigenvalue weighted by Gasteiger charge is 2.15. The van der Waals surface area contributed by atoms with Gasteiger partial charge >= 0.3 is 0 Å². The van der Waals surface area contributed by atoms with E-state index in [-0.39, 0.29) is 0 Å². The smallest absolute Gasteiger partial charge is 0.160 e. The van der Waals surface area contributed by atoms with Crippen LogP contribution in [0.2, 0.25) is 0 Å². The summed E-state index contributed by atoms with van der Waals surface area (Å²) in [7, 11) is 0. The highest BCUT2D eigenvalue weighted by Crippen LogP contribution is 2.34. The van der Waals surface area contributed by atoms with Gasteiger partial charge < -0.3 is 0 Å². The van der Waals surface area contributed by atoms with E-state index in [4.69, 9.17) is 24.9 Å². The van der Waals surface area contributed by atoms with Crippen LogP contribution >= 0.6 is 0 Å². The van der Waals surface area contributed by atoms with E-state index in [0.29, 0.717) is 5.82 Å². The van der Waals surface area contributed by atoms with Gasteiger partial charge in [-0.15, -0.1) is 0 Å². The molecule has 5 aromatic heterocycles. The lowest BCUT2D eigenvalue weighted by molar-refractivity contribution is 1.16. The van der Waals surface area contributed by atoms with Crippen molar-refractivity contribution in [3.8, 4) is 67.8 Å². The standard InChI is InChI=1S/C44H28N6/c1-2-10-31(11-3-1)44-49-40(30-21-19-29(20-22-30)33-12-9-24-45-28-33)27-42(50-44)41-26-32(23-25-46-41)37-17-8-18-39(47-37)43-36-15-5-4-13-34(36)35-14-6-7-16-38(35)48-43/h1-28H. The summed E-state index contributed by atoms with van der Waals surface area (Å²) in [5, 5.41) is 3.36. The van der Waals surface area contributed by atoms with Crippen molar-refractivity contribution in [2.75, 3.05) is 0 Å². The number of para-hydroxylation sites is 1.